The summed E-state index contributed by atoms with van der Waals surface area (Å²) in [5, 5.41) is 16.3. The van der Waals surface area contributed by atoms with Gasteiger partial charge < -0.3 is 26.4 Å². The van der Waals surface area contributed by atoms with Crippen molar-refractivity contribution in [2.75, 3.05) is 47.6 Å². The van der Waals surface area contributed by atoms with Crippen molar-refractivity contribution in [2.45, 2.75) is 13.3 Å². The van der Waals surface area contributed by atoms with Gasteiger partial charge in [0.25, 0.3) is 5.91 Å². The van der Waals surface area contributed by atoms with Gasteiger partial charge >= 0.3 is 5.97 Å². The van der Waals surface area contributed by atoms with Gasteiger partial charge in [0.05, 0.1) is 30.9 Å². The van der Waals surface area contributed by atoms with Crippen LogP contribution in [0.1, 0.15) is 29.3 Å². The Morgan fingerprint density at radius 1 is 1.03 bits per heavy atom. The van der Waals surface area contributed by atoms with Crippen LogP contribution in [0.4, 0.5) is 22.9 Å². The summed E-state index contributed by atoms with van der Waals surface area (Å²) in [7, 11) is 1.71. The van der Waals surface area contributed by atoms with E-state index < -0.39 is 5.97 Å². The lowest BCUT2D eigenvalue weighted by atomic mass is 10.1. The third kappa shape index (κ3) is 7.53. The van der Waals surface area contributed by atoms with Crippen molar-refractivity contribution >= 4 is 46.5 Å². The fourth-order valence-corrected chi connectivity index (χ4v) is 3.57. The fraction of sp³-hybridized carbons (Fsp3) is 0.222. The van der Waals surface area contributed by atoms with E-state index in [1.54, 1.807) is 80.8 Å². The van der Waals surface area contributed by atoms with E-state index in [0.717, 1.165) is 0 Å². The van der Waals surface area contributed by atoms with Crippen molar-refractivity contribution in [1.29, 1.82) is 5.41 Å². The molecule has 3 aromatic rings. The van der Waals surface area contributed by atoms with E-state index in [9.17, 15) is 14.4 Å². The zero-order valence-electron chi connectivity index (χ0n) is 21.3. The second kappa shape index (κ2) is 13.4. The van der Waals surface area contributed by atoms with Crippen LogP contribution in [-0.4, -0.2) is 55.3 Å². The molecule has 0 aliphatic carbocycles. The van der Waals surface area contributed by atoms with Crippen molar-refractivity contribution in [2.24, 2.45) is 5.73 Å². The third-order valence-corrected chi connectivity index (χ3v) is 5.47. The fourth-order valence-electron chi connectivity index (χ4n) is 3.57. The van der Waals surface area contributed by atoms with Gasteiger partial charge in [-0.05, 0) is 61.5 Å². The molecule has 0 spiro atoms. The molecule has 0 radical (unpaired) electrons. The van der Waals surface area contributed by atoms with Crippen LogP contribution in [0.3, 0.4) is 0 Å². The number of carbonyl (C=O) groups is 3. The summed E-state index contributed by atoms with van der Waals surface area (Å²) in [5.74, 6) is -0.764. The molecular weight excluding hydrogens is 486 g/mol. The summed E-state index contributed by atoms with van der Waals surface area (Å²) in [4.78, 5) is 43.8. The highest BCUT2D eigenvalue weighted by Gasteiger charge is 2.21. The summed E-state index contributed by atoms with van der Waals surface area (Å²) in [6.45, 7) is 2.03. The first-order valence-electron chi connectivity index (χ1n) is 12.0. The smallest absolute Gasteiger partial charge is 0.307 e. The molecule has 2 aromatic carbocycles. The number of hydrogen-bond acceptors (Lipinski definition) is 8. The van der Waals surface area contributed by atoms with Crippen molar-refractivity contribution in [3.8, 4) is 0 Å². The number of anilines is 4. The molecule has 38 heavy (non-hydrogen) atoms. The Balaban J connectivity index is 1.75. The molecule has 0 aliphatic heterocycles. The maximum atomic E-state index is 13.5. The first-order chi connectivity index (χ1) is 18.3. The number of nitrogens with two attached hydrogens (primary N) is 1. The Labute approximate surface area is 220 Å². The maximum absolute atomic E-state index is 13.5. The molecule has 0 unspecified atom stereocenters. The first kappa shape index (κ1) is 27.7. The molecule has 0 bridgehead atoms. The highest BCUT2D eigenvalue weighted by Crippen LogP contribution is 2.25. The van der Waals surface area contributed by atoms with Crippen LogP contribution in [0.5, 0.6) is 0 Å². The van der Waals surface area contributed by atoms with Crippen LogP contribution in [-0.2, 0) is 14.3 Å². The number of nitrogen functional groups attached to an aromatic ring is 1. The zero-order valence-corrected chi connectivity index (χ0v) is 21.3. The standard InChI is InChI=1S/C27H31N7O4/c1-3-38-25(36)13-15-34(23-6-4-5-14-31-23)27(37)19-9-12-21(30-2)22(16-19)33-24(35)17-32-20-10-7-18(8-11-20)26(28)29/h4-12,14,16,30,32H,3,13,15,17H2,1-2H3,(H3,28,29)(H,33,35). The van der Waals surface area contributed by atoms with Crippen molar-refractivity contribution in [1.82, 2.24) is 4.98 Å². The van der Waals surface area contributed by atoms with Gasteiger partial charge in [-0.2, -0.15) is 0 Å². The summed E-state index contributed by atoms with van der Waals surface area (Å²) in [5.41, 5.74) is 8.09. The SMILES string of the molecule is CCOC(=O)CCN(C(=O)c1ccc(NC)c(NC(=O)CNc2ccc(C(=N)N)cc2)c1)c1ccccn1. The predicted molar refractivity (Wildman–Crippen MR) is 148 cm³/mol. The highest BCUT2D eigenvalue weighted by molar-refractivity contribution is 6.08. The quantitative estimate of drug-likeness (QED) is 0.139. The molecule has 0 fully saturated rings. The second-order valence-electron chi connectivity index (χ2n) is 8.10. The van der Waals surface area contributed by atoms with Crippen molar-refractivity contribution in [3.63, 3.8) is 0 Å². The molecule has 3 rings (SSSR count). The Bertz CT molecular complexity index is 1280. The Hall–Kier alpha value is -4.93. The number of ether oxygens (including phenoxy) is 1. The average Bonchev–Trinajstić information content (AvgIpc) is 2.93. The van der Waals surface area contributed by atoms with E-state index in [4.69, 9.17) is 15.9 Å². The molecule has 0 saturated heterocycles. The average molecular weight is 518 g/mol. The molecule has 0 atom stereocenters. The number of esters is 1. The third-order valence-electron chi connectivity index (χ3n) is 5.47. The number of pyridine rings is 1. The van der Waals surface area contributed by atoms with E-state index in [0.29, 0.717) is 34.0 Å². The minimum absolute atomic E-state index is 0.00735. The van der Waals surface area contributed by atoms with Crippen LogP contribution in [0, 0.1) is 5.41 Å². The summed E-state index contributed by atoms with van der Waals surface area (Å²) < 4.78 is 5.00. The Kier molecular flexibility index (Phi) is 9.75. The molecule has 6 N–H and O–H groups in total. The van der Waals surface area contributed by atoms with Gasteiger partial charge in [0.15, 0.2) is 0 Å². The number of carbonyl (C=O) groups excluding carboxylic acids is 3. The molecule has 11 nitrogen and oxygen atoms in total. The van der Waals surface area contributed by atoms with Crippen LogP contribution in [0.25, 0.3) is 0 Å². The lowest BCUT2D eigenvalue weighted by molar-refractivity contribution is -0.142. The van der Waals surface area contributed by atoms with Crippen LogP contribution >= 0.6 is 0 Å². The lowest BCUT2D eigenvalue weighted by Crippen LogP contribution is -2.34. The van der Waals surface area contributed by atoms with Gasteiger partial charge in [0.2, 0.25) is 5.91 Å². The van der Waals surface area contributed by atoms with Crippen molar-refractivity contribution < 1.29 is 19.1 Å². The maximum Gasteiger partial charge on any atom is 0.307 e. The molecule has 0 saturated carbocycles. The second-order valence-corrected chi connectivity index (χ2v) is 8.10. The normalized spacial score (nSPS) is 10.3. The van der Waals surface area contributed by atoms with Gasteiger partial charge in [0.1, 0.15) is 11.7 Å². The number of nitrogens with zero attached hydrogens (tertiary/aromatic N) is 2. The lowest BCUT2D eigenvalue weighted by Gasteiger charge is -2.22. The molecule has 11 heteroatoms. The first-order valence-corrected chi connectivity index (χ1v) is 12.0. The van der Waals surface area contributed by atoms with E-state index in [2.05, 4.69) is 20.9 Å². The topological polar surface area (TPSA) is 163 Å². The molecule has 0 aliphatic rings. The largest absolute Gasteiger partial charge is 0.466 e. The van der Waals surface area contributed by atoms with E-state index in [1.807, 2.05) is 0 Å². The Morgan fingerprint density at radius 2 is 1.76 bits per heavy atom. The minimum Gasteiger partial charge on any atom is -0.466 e. The molecular formula is C27H31N7O4. The molecule has 1 aromatic heterocycles. The molecule has 198 valence electrons. The molecule has 2 amide bonds. The number of aromatic nitrogens is 1. The van der Waals surface area contributed by atoms with Gasteiger partial charge in [-0.1, -0.05) is 6.07 Å². The van der Waals surface area contributed by atoms with E-state index in [-0.39, 0.29) is 43.8 Å². The number of amides is 2. The van der Waals surface area contributed by atoms with E-state index in [1.165, 1.54) is 4.90 Å². The van der Waals surface area contributed by atoms with Gasteiger partial charge in [-0.3, -0.25) is 24.7 Å². The predicted octanol–water partition coefficient (Wildman–Crippen LogP) is 3.06. The summed E-state index contributed by atoms with van der Waals surface area (Å²) in [6, 6.07) is 16.9. The van der Waals surface area contributed by atoms with Crippen LogP contribution in [0.15, 0.2) is 66.9 Å². The number of rotatable bonds is 12. The highest BCUT2D eigenvalue weighted by atomic mass is 16.5. The van der Waals surface area contributed by atoms with Crippen LogP contribution < -0.4 is 26.6 Å². The number of amidine groups is 1. The van der Waals surface area contributed by atoms with E-state index >= 15 is 0 Å². The monoisotopic (exact) mass is 517 g/mol. The van der Waals surface area contributed by atoms with Gasteiger partial charge in [-0.15, -0.1) is 0 Å². The number of nitrogens with one attached hydrogen (secondary N) is 4. The zero-order chi connectivity index (χ0) is 27.5. The summed E-state index contributed by atoms with van der Waals surface area (Å²) >= 11 is 0. The number of hydrogen-bond donors (Lipinski definition) is 5. The molecule has 1 heterocycles. The van der Waals surface area contributed by atoms with Gasteiger partial charge in [-0.25, -0.2) is 4.98 Å². The van der Waals surface area contributed by atoms with Gasteiger partial charge in [0, 0.05) is 36.6 Å². The van der Waals surface area contributed by atoms with Crippen LogP contribution in [0.2, 0.25) is 0 Å². The summed E-state index contributed by atoms with van der Waals surface area (Å²) in [6.07, 6.45) is 1.57. The number of benzene rings is 2. The van der Waals surface area contributed by atoms with Crippen molar-refractivity contribution in [3.05, 3.63) is 78.0 Å². The minimum atomic E-state index is -0.414. The Morgan fingerprint density at radius 3 is 2.39 bits per heavy atom.